The van der Waals surface area contributed by atoms with Gasteiger partial charge in [-0.2, -0.15) is 0 Å². The van der Waals surface area contributed by atoms with Crippen molar-refractivity contribution in [3.05, 3.63) is 42.2 Å². The van der Waals surface area contributed by atoms with Crippen LogP contribution in [-0.4, -0.2) is 36.4 Å². The van der Waals surface area contributed by atoms with Gasteiger partial charge in [0.15, 0.2) is 11.8 Å². The van der Waals surface area contributed by atoms with Crippen LogP contribution in [0.4, 0.5) is 10.1 Å². The predicted octanol–water partition coefficient (Wildman–Crippen LogP) is 5.28. The molecule has 3 aromatic rings. The Hall–Kier alpha value is -2.60. The summed E-state index contributed by atoms with van der Waals surface area (Å²) in [5.41, 5.74) is 2.94. The summed E-state index contributed by atoms with van der Waals surface area (Å²) in [5.74, 6) is 0.452. The van der Waals surface area contributed by atoms with Gasteiger partial charge in [0.05, 0.1) is 5.69 Å². The zero-order chi connectivity index (χ0) is 19.5. The number of anilines is 1. The topological polar surface area (TPSA) is 50.5 Å². The van der Waals surface area contributed by atoms with Gasteiger partial charge in [-0.25, -0.2) is 4.39 Å². The number of hydrogen-bond donors (Lipinski definition) is 1. The molecule has 4 rings (SSSR count). The minimum Gasteiger partial charge on any atom is -0.473 e. The number of hydrogen-bond acceptors (Lipinski definition) is 5. The van der Waals surface area contributed by atoms with Crippen LogP contribution >= 0.6 is 0 Å². The van der Waals surface area contributed by atoms with Crippen molar-refractivity contribution in [1.29, 1.82) is 0 Å². The average molecular weight is 383 g/mol. The molecule has 1 N–H and O–H groups in total. The van der Waals surface area contributed by atoms with Crippen molar-refractivity contribution in [3.63, 3.8) is 0 Å². The van der Waals surface area contributed by atoms with Crippen LogP contribution < -0.4 is 10.1 Å². The fourth-order valence-electron chi connectivity index (χ4n) is 3.86. The van der Waals surface area contributed by atoms with E-state index in [1.807, 2.05) is 25.2 Å². The zero-order valence-corrected chi connectivity index (χ0v) is 16.4. The van der Waals surface area contributed by atoms with Crippen LogP contribution in [0, 0.1) is 5.82 Å². The van der Waals surface area contributed by atoms with Gasteiger partial charge in [-0.3, -0.25) is 4.90 Å². The quantitative estimate of drug-likeness (QED) is 0.628. The molecule has 148 valence electrons. The number of nitrogens with zero attached hydrogens (tertiary/aromatic N) is 2. The fraction of sp³-hybridized carbons (Fsp3) is 0.409. The van der Waals surface area contributed by atoms with Crippen molar-refractivity contribution < 1.29 is 13.7 Å². The smallest absolute Gasteiger partial charge is 0.170 e. The summed E-state index contributed by atoms with van der Waals surface area (Å²) in [6.07, 6.45) is 4.70. The summed E-state index contributed by atoms with van der Waals surface area (Å²) >= 11 is 0. The first-order chi connectivity index (χ1) is 13.7. The first-order valence-corrected chi connectivity index (χ1v) is 9.97. The molecular formula is C22H26FN3O2. The highest BCUT2D eigenvalue weighted by molar-refractivity contribution is 5.92. The van der Waals surface area contributed by atoms with E-state index in [2.05, 4.69) is 22.3 Å². The molecule has 1 aliphatic heterocycles. The monoisotopic (exact) mass is 383 g/mol. The molecule has 28 heavy (non-hydrogen) atoms. The summed E-state index contributed by atoms with van der Waals surface area (Å²) < 4.78 is 25.2. The van der Waals surface area contributed by atoms with Gasteiger partial charge >= 0.3 is 0 Å². The normalized spacial score (nSPS) is 16.2. The highest BCUT2D eigenvalue weighted by atomic mass is 19.1. The molecule has 1 saturated heterocycles. The fourth-order valence-corrected chi connectivity index (χ4v) is 3.86. The van der Waals surface area contributed by atoms with Crippen molar-refractivity contribution in [2.24, 2.45) is 0 Å². The number of fused-ring (bicyclic) bond motifs is 1. The minimum atomic E-state index is -0.336. The van der Waals surface area contributed by atoms with Crippen molar-refractivity contribution >= 4 is 16.7 Å². The SMILES string of the molecule is CCC(Oc1cc(-c2noc3cc(F)ccc23)ccc1NC)N1CCCCC1. The lowest BCUT2D eigenvalue weighted by Gasteiger charge is -2.34. The summed E-state index contributed by atoms with van der Waals surface area (Å²) in [6.45, 7) is 4.31. The Morgan fingerprint density at radius 1 is 1.18 bits per heavy atom. The Morgan fingerprint density at radius 2 is 2.00 bits per heavy atom. The maximum Gasteiger partial charge on any atom is 0.170 e. The van der Waals surface area contributed by atoms with E-state index in [1.165, 1.54) is 31.4 Å². The van der Waals surface area contributed by atoms with Crippen LogP contribution in [0.5, 0.6) is 5.75 Å². The van der Waals surface area contributed by atoms with Gasteiger partial charge in [-0.1, -0.05) is 24.6 Å². The molecule has 2 aromatic carbocycles. The van der Waals surface area contributed by atoms with E-state index in [0.29, 0.717) is 11.3 Å². The first-order valence-electron chi connectivity index (χ1n) is 9.97. The van der Waals surface area contributed by atoms with Crippen LogP contribution in [0.15, 0.2) is 40.9 Å². The number of aromatic nitrogens is 1. The third-order valence-corrected chi connectivity index (χ3v) is 5.37. The second kappa shape index (κ2) is 8.19. The lowest BCUT2D eigenvalue weighted by molar-refractivity contribution is 0.0103. The minimum absolute atomic E-state index is 0.0470. The molecule has 1 fully saturated rings. The number of ether oxygens (including phenoxy) is 1. The number of likely N-dealkylation sites (tertiary alicyclic amines) is 1. The maximum absolute atomic E-state index is 13.4. The van der Waals surface area contributed by atoms with Gasteiger partial charge in [-0.15, -0.1) is 0 Å². The highest BCUT2D eigenvalue weighted by Crippen LogP contribution is 2.35. The summed E-state index contributed by atoms with van der Waals surface area (Å²) in [5, 5.41) is 8.16. The van der Waals surface area contributed by atoms with Crippen LogP contribution in [0.25, 0.3) is 22.2 Å². The van der Waals surface area contributed by atoms with Gasteiger partial charge in [0.25, 0.3) is 0 Å². The molecule has 1 unspecified atom stereocenters. The molecule has 0 radical (unpaired) electrons. The van der Waals surface area contributed by atoms with Crippen LogP contribution in [0.2, 0.25) is 0 Å². The third kappa shape index (κ3) is 3.69. The van der Waals surface area contributed by atoms with E-state index in [4.69, 9.17) is 9.26 Å². The number of piperidine rings is 1. The van der Waals surface area contributed by atoms with E-state index < -0.39 is 0 Å². The summed E-state index contributed by atoms with van der Waals surface area (Å²) in [7, 11) is 1.89. The molecular weight excluding hydrogens is 357 g/mol. The molecule has 2 heterocycles. The van der Waals surface area contributed by atoms with E-state index >= 15 is 0 Å². The van der Waals surface area contributed by atoms with E-state index in [0.717, 1.165) is 41.9 Å². The molecule has 0 bridgehead atoms. The molecule has 5 nitrogen and oxygen atoms in total. The highest BCUT2D eigenvalue weighted by Gasteiger charge is 2.22. The van der Waals surface area contributed by atoms with Crippen LogP contribution in [0.1, 0.15) is 32.6 Å². The average Bonchev–Trinajstić information content (AvgIpc) is 3.15. The Balaban J connectivity index is 1.67. The Kier molecular flexibility index (Phi) is 5.48. The van der Waals surface area contributed by atoms with Crippen molar-refractivity contribution in [1.82, 2.24) is 10.1 Å². The second-order valence-corrected chi connectivity index (χ2v) is 7.21. The van der Waals surface area contributed by atoms with Gasteiger partial charge in [0.2, 0.25) is 0 Å². The largest absolute Gasteiger partial charge is 0.473 e. The number of benzene rings is 2. The molecule has 0 amide bonds. The van der Waals surface area contributed by atoms with Gasteiger partial charge in [-0.05, 0) is 43.5 Å². The van der Waals surface area contributed by atoms with E-state index in [1.54, 1.807) is 6.07 Å². The lowest BCUT2D eigenvalue weighted by atomic mass is 10.1. The maximum atomic E-state index is 13.4. The van der Waals surface area contributed by atoms with Gasteiger partial charge in [0, 0.05) is 37.2 Å². The number of nitrogens with one attached hydrogen (secondary N) is 1. The van der Waals surface area contributed by atoms with Gasteiger partial charge < -0.3 is 14.6 Å². The standard InChI is InChI=1S/C22H26FN3O2/c1-3-21(26-11-5-4-6-12-26)27-20-13-15(7-10-18(20)24-2)22-17-9-8-16(23)14-19(17)28-25-22/h7-10,13-14,21,24H,3-6,11-12H2,1-2H3. The Labute approximate surface area is 164 Å². The second-order valence-electron chi connectivity index (χ2n) is 7.21. The molecule has 1 aliphatic rings. The molecule has 0 saturated carbocycles. The Bertz CT molecular complexity index is 950. The van der Waals surface area contributed by atoms with Crippen LogP contribution in [-0.2, 0) is 0 Å². The van der Waals surface area contributed by atoms with E-state index in [9.17, 15) is 4.39 Å². The number of halogens is 1. The van der Waals surface area contributed by atoms with Crippen molar-refractivity contribution in [2.75, 3.05) is 25.5 Å². The Morgan fingerprint density at radius 3 is 2.75 bits per heavy atom. The van der Waals surface area contributed by atoms with Crippen molar-refractivity contribution in [2.45, 2.75) is 38.8 Å². The van der Waals surface area contributed by atoms with E-state index in [-0.39, 0.29) is 12.0 Å². The summed E-state index contributed by atoms with van der Waals surface area (Å²) in [6, 6.07) is 10.4. The molecule has 0 spiro atoms. The molecule has 1 aromatic heterocycles. The van der Waals surface area contributed by atoms with Crippen molar-refractivity contribution in [3.8, 4) is 17.0 Å². The van der Waals surface area contributed by atoms with Gasteiger partial charge in [0.1, 0.15) is 17.3 Å². The molecule has 6 heteroatoms. The molecule has 1 atom stereocenters. The summed E-state index contributed by atoms with van der Waals surface area (Å²) in [4.78, 5) is 2.42. The molecule has 0 aliphatic carbocycles. The number of rotatable bonds is 6. The van der Waals surface area contributed by atoms with Crippen LogP contribution in [0.3, 0.4) is 0 Å². The first kappa shape index (κ1) is 18.7. The third-order valence-electron chi connectivity index (χ3n) is 5.37. The predicted molar refractivity (Wildman–Crippen MR) is 109 cm³/mol. The zero-order valence-electron chi connectivity index (χ0n) is 16.4. The lowest BCUT2D eigenvalue weighted by Crippen LogP contribution is -2.42.